The van der Waals surface area contributed by atoms with Gasteiger partial charge in [0.2, 0.25) is 0 Å². The standard InChI is InChI=1S/C8H5BrN2OS/c9-7-2-1-6(13-7)5-3-8(12)11-4-10-5/h1-4H,(H,10,11,12). The Morgan fingerprint density at radius 3 is 2.92 bits per heavy atom. The van der Waals surface area contributed by atoms with E-state index in [4.69, 9.17) is 0 Å². The van der Waals surface area contributed by atoms with Crippen molar-refractivity contribution in [3.05, 3.63) is 38.7 Å². The molecule has 0 saturated heterocycles. The lowest BCUT2D eigenvalue weighted by atomic mass is 10.3. The lowest BCUT2D eigenvalue weighted by Crippen LogP contribution is -2.03. The maximum atomic E-state index is 11.0. The fourth-order valence-corrected chi connectivity index (χ4v) is 2.31. The van der Waals surface area contributed by atoms with Gasteiger partial charge in [0.25, 0.3) is 5.56 Å². The Bertz CT molecular complexity index is 477. The van der Waals surface area contributed by atoms with Gasteiger partial charge >= 0.3 is 0 Å². The minimum atomic E-state index is -0.130. The molecule has 0 radical (unpaired) electrons. The molecule has 0 bridgehead atoms. The number of rotatable bonds is 1. The van der Waals surface area contributed by atoms with Crippen LogP contribution in [0, 0.1) is 0 Å². The van der Waals surface area contributed by atoms with Crippen LogP contribution in [0.3, 0.4) is 0 Å². The molecule has 0 aromatic carbocycles. The first-order chi connectivity index (χ1) is 6.25. The third kappa shape index (κ3) is 1.87. The zero-order valence-corrected chi connectivity index (χ0v) is 8.85. The number of thiophene rings is 1. The van der Waals surface area contributed by atoms with Crippen molar-refractivity contribution in [2.24, 2.45) is 0 Å². The van der Waals surface area contributed by atoms with Gasteiger partial charge in [0, 0.05) is 6.07 Å². The summed E-state index contributed by atoms with van der Waals surface area (Å²) in [6, 6.07) is 5.34. The van der Waals surface area contributed by atoms with Gasteiger partial charge in [-0.15, -0.1) is 11.3 Å². The minimum Gasteiger partial charge on any atom is -0.313 e. The highest BCUT2D eigenvalue weighted by Crippen LogP contribution is 2.28. The highest BCUT2D eigenvalue weighted by atomic mass is 79.9. The van der Waals surface area contributed by atoms with Gasteiger partial charge in [0.15, 0.2) is 0 Å². The first-order valence-corrected chi connectivity index (χ1v) is 5.17. The van der Waals surface area contributed by atoms with Gasteiger partial charge in [-0.05, 0) is 28.1 Å². The van der Waals surface area contributed by atoms with E-state index < -0.39 is 0 Å². The number of hydrogen-bond acceptors (Lipinski definition) is 3. The summed E-state index contributed by atoms with van der Waals surface area (Å²) in [5, 5.41) is 0. The summed E-state index contributed by atoms with van der Waals surface area (Å²) in [6.45, 7) is 0. The Kier molecular flexibility index (Phi) is 2.28. The molecule has 0 atom stereocenters. The van der Waals surface area contributed by atoms with Crippen molar-refractivity contribution >= 4 is 27.3 Å². The van der Waals surface area contributed by atoms with Gasteiger partial charge in [-0.3, -0.25) is 4.79 Å². The molecule has 2 aromatic rings. The van der Waals surface area contributed by atoms with Crippen LogP contribution in [-0.4, -0.2) is 9.97 Å². The summed E-state index contributed by atoms with van der Waals surface area (Å²) in [6.07, 6.45) is 1.41. The van der Waals surface area contributed by atoms with Crippen LogP contribution < -0.4 is 5.56 Å². The van der Waals surface area contributed by atoms with Crippen LogP contribution in [-0.2, 0) is 0 Å². The number of H-pyrrole nitrogens is 1. The molecule has 2 heterocycles. The van der Waals surface area contributed by atoms with Crippen molar-refractivity contribution in [1.82, 2.24) is 9.97 Å². The van der Waals surface area contributed by atoms with Crippen LogP contribution in [0.15, 0.2) is 33.1 Å². The number of nitrogens with one attached hydrogen (secondary N) is 1. The summed E-state index contributed by atoms with van der Waals surface area (Å²) in [7, 11) is 0. The summed E-state index contributed by atoms with van der Waals surface area (Å²) in [4.78, 5) is 18.5. The van der Waals surface area contributed by atoms with E-state index in [1.54, 1.807) is 11.3 Å². The van der Waals surface area contributed by atoms with E-state index in [1.165, 1.54) is 12.4 Å². The zero-order chi connectivity index (χ0) is 9.26. The average molecular weight is 257 g/mol. The molecule has 2 rings (SSSR count). The molecule has 0 spiro atoms. The third-order valence-electron chi connectivity index (χ3n) is 1.50. The normalized spacial score (nSPS) is 10.2. The molecule has 2 aromatic heterocycles. The van der Waals surface area contributed by atoms with Crippen molar-refractivity contribution in [1.29, 1.82) is 0 Å². The van der Waals surface area contributed by atoms with Crippen molar-refractivity contribution in [2.45, 2.75) is 0 Å². The van der Waals surface area contributed by atoms with Crippen molar-refractivity contribution in [3.63, 3.8) is 0 Å². The Labute approximate surface area is 86.6 Å². The van der Waals surface area contributed by atoms with E-state index in [0.717, 1.165) is 8.66 Å². The summed E-state index contributed by atoms with van der Waals surface area (Å²) < 4.78 is 1.03. The van der Waals surface area contributed by atoms with Crippen LogP contribution in [0.1, 0.15) is 0 Å². The highest BCUT2D eigenvalue weighted by molar-refractivity contribution is 9.11. The van der Waals surface area contributed by atoms with E-state index in [1.807, 2.05) is 12.1 Å². The number of halogens is 1. The number of aromatic nitrogens is 2. The predicted molar refractivity (Wildman–Crippen MR) is 55.9 cm³/mol. The molecule has 0 fully saturated rings. The monoisotopic (exact) mass is 256 g/mol. The summed E-state index contributed by atoms with van der Waals surface area (Å²) >= 11 is 4.90. The van der Waals surface area contributed by atoms with Crippen LogP contribution in [0.2, 0.25) is 0 Å². The molecule has 1 N–H and O–H groups in total. The molecule has 0 unspecified atom stereocenters. The molecule has 13 heavy (non-hydrogen) atoms. The largest absolute Gasteiger partial charge is 0.313 e. The van der Waals surface area contributed by atoms with Gasteiger partial charge in [-0.2, -0.15) is 0 Å². The fourth-order valence-electron chi connectivity index (χ4n) is 0.955. The molecule has 0 amide bonds. The second kappa shape index (κ2) is 3.43. The van der Waals surface area contributed by atoms with Crippen molar-refractivity contribution in [3.8, 4) is 10.6 Å². The van der Waals surface area contributed by atoms with Crippen molar-refractivity contribution < 1.29 is 0 Å². The van der Waals surface area contributed by atoms with Crippen LogP contribution in [0.5, 0.6) is 0 Å². The first kappa shape index (κ1) is 8.65. The lowest BCUT2D eigenvalue weighted by Gasteiger charge is -1.92. The van der Waals surface area contributed by atoms with Crippen molar-refractivity contribution in [2.75, 3.05) is 0 Å². The molecule has 0 aliphatic heterocycles. The Balaban J connectivity index is 2.52. The fraction of sp³-hybridized carbons (Fsp3) is 0. The van der Waals surface area contributed by atoms with E-state index in [0.29, 0.717) is 5.69 Å². The second-order valence-electron chi connectivity index (χ2n) is 2.40. The van der Waals surface area contributed by atoms with E-state index in [2.05, 4.69) is 25.9 Å². The zero-order valence-electron chi connectivity index (χ0n) is 6.45. The number of nitrogens with zero attached hydrogens (tertiary/aromatic N) is 1. The molecule has 0 saturated carbocycles. The summed E-state index contributed by atoms with van der Waals surface area (Å²) in [5.74, 6) is 0. The van der Waals surface area contributed by atoms with Gasteiger partial charge < -0.3 is 4.98 Å². The van der Waals surface area contributed by atoms with E-state index >= 15 is 0 Å². The van der Waals surface area contributed by atoms with Gasteiger partial charge in [0.1, 0.15) is 0 Å². The predicted octanol–water partition coefficient (Wildman–Crippen LogP) is 2.26. The molecule has 0 aliphatic rings. The first-order valence-electron chi connectivity index (χ1n) is 3.56. The maximum Gasteiger partial charge on any atom is 0.251 e. The highest BCUT2D eigenvalue weighted by Gasteiger charge is 2.02. The van der Waals surface area contributed by atoms with Gasteiger partial charge in [-0.1, -0.05) is 0 Å². The summed E-state index contributed by atoms with van der Waals surface area (Å²) in [5.41, 5.74) is 0.578. The maximum absolute atomic E-state index is 11.0. The number of aromatic amines is 1. The van der Waals surface area contributed by atoms with Gasteiger partial charge in [-0.25, -0.2) is 4.98 Å². The molecule has 66 valence electrons. The molecule has 3 nitrogen and oxygen atoms in total. The van der Waals surface area contributed by atoms with Gasteiger partial charge in [0.05, 0.1) is 20.7 Å². The van der Waals surface area contributed by atoms with E-state index in [9.17, 15) is 4.79 Å². The van der Waals surface area contributed by atoms with Crippen LogP contribution in [0.4, 0.5) is 0 Å². The molecule has 5 heteroatoms. The Morgan fingerprint density at radius 1 is 1.46 bits per heavy atom. The quantitative estimate of drug-likeness (QED) is 0.851. The van der Waals surface area contributed by atoms with Crippen LogP contribution in [0.25, 0.3) is 10.6 Å². The molecular weight excluding hydrogens is 252 g/mol. The SMILES string of the molecule is O=c1cc(-c2ccc(Br)s2)nc[nH]1. The second-order valence-corrected chi connectivity index (χ2v) is 4.86. The molecular formula is C8H5BrN2OS. The smallest absolute Gasteiger partial charge is 0.251 e. The topological polar surface area (TPSA) is 45.8 Å². The number of hydrogen-bond donors (Lipinski definition) is 1. The average Bonchev–Trinajstić information content (AvgIpc) is 2.52. The van der Waals surface area contributed by atoms with E-state index in [-0.39, 0.29) is 5.56 Å². The minimum absolute atomic E-state index is 0.130. The molecule has 0 aliphatic carbocycles. The third-order valence-corrected chi connectivity index (χ3v) is 3.15. The van der Waals surface area contributed by atoms with Crippen LogP contribution >= 0.6 is 27.3 Å². The Morgan fingerprint density at radius 2 is 2.31 bits per heavy atom. The lowest BCUT2D eigenvalue weighted by molar-refractivity contribution is 1.13. The Hall–Kier alpha value is -0.940.